The predicted molar refractivity (Wildman–Crippen MR) is 87.6 cm³/mol. The molecule has 0 atom stereocenters. The van der Waals surface area contributed by atoms with Crippen molar-refractivity contribution in [2.75, 3.05) is 24.6 Å². The monoisotopic (exact) mass is 342 g/mol. The lowest BCUT2D eigenvalue weighted by atomic mass is 10.0. The number of halogens is 1. The summed E-state index contributed by atoms with van der Waals surface area (Å²) in [7, 11) is -2.86. The summed E-state index contributed by atoms with van der Waals surface area (Å²) < 4.78 is 35.7. The molecule has 1 aromatic carbocycles. The molecule has 2 amide bonds. The Hall–Kier alpha value is -1.63. The van der Waals surface area contributed by atoms with Crippen molar-refractivity contribution >= 4 is 15.9 Å². The molecule has 0 radical (unpaired) electrons. The fourth-order valence-electron chi connectivity index (χ4n) is 2.69. The maximum absolute atomic E-state index is 13.0. The molecule has 1 aliphatic rings. The largest absolute Gasteiger partial charge is 0.338 e. The zero-order valence-electron chi connectivity index (χ0n) is 13.3. The fourth-order valence-corrected chi connectivity index (χ4v) is 4.28. The first-order chi connectivity index (χ1) is 10.9. The molecule has 0 unspecified atom stereocenters. The molecule has 23 heavy (non-hydrogen) atoms. The Kier molecular flexibility index (Phi) is 5.98. The van der Waals surface area contributed by atoms with Gasteiger partial charge in [0.1, 0.15) is 15.7 Å². The van der Waals surface area contributed by atoms with Gasteiger partial charge in [0.15, 0.2) is 0 Å². The van der Waals surface area contributed by atoms with Gasteiger partial charge in [-0.25, -0.2) is 17.6 Å². The second-order valence-corrected chi connectivity index (χ2v) is 8.36. The minimum atomic E-state index is -2.86. The molecule has 0 saturated carbocycles. The van der Waals surface area contributed by atoms with E-state index in [1.165, 1.54) is 12.1 Å². The van der Waals surface area contributed by atoms with Crippen LogP contribution >= 0.6 is 0 Å². The van der Waals surface area contributed by atoms with Crippen LogP contribution in [0.5, 0.6) is 0 Å². The summed E-state index contributed by atoms with van der Waals surface area (Å²) >= 11 is 0. The first-order valence-electron chi connectivity index (χ1n) is 7.83. The van der Waals surface area contributed by atoms with Crippen molar-refractivity contribution in [2.24, 2.45) is 5.92 Å². The molecule has 0 aromatic heterocycles. The Morgan fingerprint density at radius 2 is 1.96 bits per heavy atom. The van der Waals surface area contributed by atoms with E-state index in [4.69, 9.17) is 0 Å². The van der Waals surface area contributed by atoms with E-state index in [1.807, 2.05) is 6.92 Å². The van der Waals surface area contributed by atoms with Gasteiger partial charge < -0.3 is 10.6 Å². The number of sulfone groups is 1. The number of benzene rings is 1. The first kappa shape index (κ1) is 17.7. The van der Waals surface area contributed by atoms with Crippen LogP contribution in [0.3, 0.4) is 0 Å². The molecule has 1 heterocycles. The van der Waals surface area contributed by atoms with Gasteiger partial charge in [0.2, 0.25) is 0 Å². The summed E-state index contributed by atoms with van der Waals surface area (Å²) in [5, 5.41) is 5.55. The van der Waals surface area contributed by atoms with Gasteiger partial charge in [0, 0.05) is 13.1 Å². The van der Waals surface area contributed by atoms with Gasteiger partial charge in [-0.1, -0.05) is 6.07 Å². The summed E-state index contributed by atoms with van der Waals surface area (Å²) in [6.45, 7) is 2.81. The average molecular weight is 342 g/mol. The molecule has 1 aromatic rings. The van der Waals surface area contributed by atoms with Crippen LogP contribution in [0.2, 0.25) is 0 Å². The fraction of sp³-hybridized carbons (Fsp3) is 0.562. The number of hydrogen-bond donors (Lipinski definition) is 2. The van der Waals surface area contributed by atoms with E-state index in [2.05, 4.69) is 10.6 Å². The van der Waals surface area contributed by atoms with Crippen molar-refractivity contribution in [2.45, 2.75) is 26.2 Å². The summed E-state index contributed by atoms with van der Waals surface area (Å²) in [6, 6.07) is 4.37. The van der Waals surface area contributed by atoms with E-state index in [-0.39, 0.29) is 29.3 Å². The number of aryl methyl sites for hydroxylation is 1. The Morgan fingerprint density at radius 3 is 2.61 bits per heavy atom. The number of hydrogen-bond acceptors (Lipinski definition) is 3. The number of urea groups is 1. The van der Waals surface area contributed by atoms with Gasteiger partial charge in [-0.05, 0) is 55.4 Å². The van der Waals surface area contributed by atoms with Gasteiger partial charge in [-0.3, -0.25) is 0 Å². The smallest absolute Gasteiger partial charge is 0.314 e. The minimum absolute atomic E-state index is 0.213. The van der Waals surface area contributed by atoms with Gasteiger partial charge in [-0.2, -0.15) is 0 Å². The van der Waals surface area contributed by atoms with E-state index in [0.29, 0.717) is 32.4 Å². The van der Waals surface area contributed by atoms with Crippen molar-refractivity contribution in [1.82, 2.24) is 10.6 Å². The van der Waals surface area contributed by atoms with E-state index in [0.717, 1.165) is 11.1 Å². The lowest BCUT2D eigenvalue weighted by Gasteiger charge is -2.22. The molecule has 0 bridgehead atoms. The molecule has 2 N–H and O–H groups in total. The summed E-state index contributed by atoms with van der Waals surface area (Å²) in [5.74, 6) is 0.394. The van der Waals surface area contributed by atoms with Crippen molar-refractivity contribution in [3.63, 3.8) is 0 Å². The van der Waals surface area contributed by atoms with Crippen LogP contribution in [0.1, 0.15) is 24.0 Å². The van der Waals surface area contributed by atoms with Crippen LogP contribution in [0.4, 0.5) is 9.18 Å². The number of nitrogens with one attached hydrogen (secondary N) is 2. The van der Waals surface area contributed by atoms with E-state index >= 15 is 0 Å². The van der Waals surface area contributed by atoms with E-state index in [1.54, 1.807) is 6.07 Å². The summed E-state index contributed by atoms with van der Waals surface area (Å²) in [6.07, 6.45) is 1.86. The Bertz CT molecular complexity index is 647. The van der Waals surface area contributed by atoms with Crippen molar-refractivity contribution in [3.8, 4) is 0 Å². The third-order valence-electron chi connectivity index (χ3n) is 4.21. The van der Waals surface area contributed by atoms with E-state index < -0.39 is 9.84 Å². The molecule has 2 rings (SSSR count). The molecule has 0 aliphatic carbocycles. The van der Waals surface area contributed by atoms with Crippen molar-refractivity contribution in [3.05, 3.63) is 35.1 Å². The highest BCUT2D eigenvalue weighted by Crippen LogP contribution is 2.17. The number of rotatable bonds is 5. The SMILES string of the molecule is Cc1cc(F)ccc1CCNC(=O)NCC1CCS(=O)(=O)CC1. The normalized spacial score (nSPS) is 17.7. The Labute approximate surface area is 136 Å². The lowest BCUT2D eigenvalue weighted by molar-refractivity contribution is 0.238. The second kappa shape index (κ2) is 7.77. The zero-order chi connectivity index (χ0) is 16.9. The molecule has 0 spiro atoms. The molecule has 1 saturated heterocycles. The number of carbonyl (C=O) groups is 1. The quantitative estimate of drug-likeness (QED) is 0.857. The average Bonchev–Trinajstić information content (AvgIpc) is 2.48. The van der Waals surface area contributed by atoms with Crippen LogP contribution in [-0.2, 0) is 16.3 Å². The van der Waals surface area contributed by atoms with Crippen LogP contribution < -0.4 is 10.6 Å². The van der Waals surface area contributed by atoms with Crippen LogP contribution in [-0.4, -0.2) is 39.0 Å². The number of amides is 2. The maximum atomic E-state index is 13.0. The van der Waals surface area contributed by atoms with Gasteiger partial charge in [-0.15, -0.1) is 0 Å². The van der Waals surface area contributed by atoms with Gasteiger partial charge in [0.25, 0.3) is 0 Å². The van der Waals surface area contributed by atoms with Crippen LogP contribution in [0.25, 0.3) is 0 Å². The zero-order valence-corrected chi connectivity index (χ0v) is 14.1. The summed E-state index contributed by atoms with van der Waals surface area (Å²) in [4.78, 5) is 11.7. The molecular formula is C16H23FN2O3S. The molecular weight excluding hydrogens is 319 g/mol. The third-order valence-corrected chi connectivity index (χ3v) is 5.93. The van der Waals surface area contributed by atoms with E-state index in [9.17, 15) is 17.6 Å². The van der Waals surface area contributed by atoms with Crippen molar-refractivity contribution < 1.29 is 17.6 Å². The molecule has 128 valence electrons. The highest BCUT2D eigenvalue weighted by atomic mass is 32.2. The van der Waals surface area contributed by atoms with Crippen LogP contribution in [0, 0.1) is 18.7 Å². The minimum Gasteiger partial charge on any atom is -0.338 e. The second-order valence-electron chi connectivity index (χ2n) is 6.05. The van der Waals surface area contributed by atoms with Crippen molar-refractivity contribution in [1.29, 1.82) is 0 Å². The topological polar surface area (TPSA) is 75.3 Å². The standard InChI is InChI=1S/C16H23FN2O3S/c1-12-10-15(17)3-2-14(12)4-7-18-16(20)19-11-13-5-8-23(21,22)9-6-13/h2-3,10,13H,4-9,11H2,1H3,(H2,18,19,20). The lowest BCUT2D eigenvalue weighted by Crippen LogP contribution is -2.40. The molecule has 1 fully saturated rings. The van der Waals surface area contributed by atoms with Gasteiger partial charge in [0.05, 0.1) is 11.5 Å². The first-order valence-corrected chi connectivity index (χ1v) is 9.65. The predicted octanol–water partition coefficient (Wildman–Crippen LogP) is 1.80. The van der Waals surface area contributed by atoms with Crippen LogP contribution in [0.15, 0.2) is 18.2 Å². The maximum Gasteiger partial charge on any atom is 0.314 e. The Morgan fingerprint density at radius 1 is 1.26 bits per heavy atom. The van der Waals surface area contributed by atoms with Gasteiger partial charge >= 0.3 is 6.03 Å². The molecule has 5 nitrogen and oxygen atoms in total. The number of carbonyl (C=O) groups excluding carboxylic acids is 1. The third kappa shape index (κ3) is 5.82. The Balaban J connectivity index is 1.65. The molecule has 7 heteroatoms. The molecule has 1 aliphatic heterocycles. The highest BCUT2D eigenvalue weighted by Gasteiger charge is 2.23. The summed E-state index contributed by atoms with van der Waals surface area (Å²) in [5.41, 5.74) is 1.87. The highest BCUT2D eigenvalue weighted by molar-refractivity contribution is 7.91.